The summed E-state index contributed by atoms with van der Waals surface area (Å²) >= 11 is 7.75. The van der Waals surface area contributed by atoms with Gasteiger partial charge in [0.05, 0.1) is 23.2 Å². The molecule has 4 rings (SSSR count). The third kappa shape index (κ3) is 3.10. The number of nitrogens with zero attached hydrogens (tertiary/aromatic N) is 2. The van der Waals surface area contributed by atoms with E-state index in [1.54, 1.807) is 18.4 Å². The van der Waals surface area contributed by atoms with E-state index in [1.807, 2.05) is 43.3 Å². The maximum Gasteiger partial charge on any atom is 0.231 e. The first kappa shape index (κ1) is 17.1. The number of halogens is 1. The molecular weight excluding hydrogens is 370 g/mol. The second-order valence-electron chi connectivity index (χ2n) is 6.33. The molecule has 5 nitrogen and oxygen atoms in total. The quantitative estimate of drug-likeness (QED) is 0.723. The van der Waals surface area contributed by atoms with Crippen LogP contribution >= 0.6 is 22.9 Å². The summed E-state index contributed by atoms with van der Waals surface area (Å²) in [5.41, 5.74) is 2.58. The largest absolute Gasteiger partial charge is 0.497 e. The van der Waals surface area contributed by atoms with Crippen molar-refractivity contribution in [2.24, 2.45) is 5.92 Å². The van der Waals surface area contributed by atoms with Crippen LogP contribution in [0.15, 0.2) is 36.4 Å². The van der Waals surface area contributed by atoms with E-state index in [0.29, 0.717) is 18.1 Å². The number of hydrogen-bond acceptors (Lipinski definition) is 5. The molecular formula is C19H18ClN3O2S. The lowest BCUT2D eigenvalue weighted by Gasteiger charge is -2.38. The van der Waals surface area contributed by atoms with Gasteiger partial charge in [-0.1, -0.05) is 29.0 Å². The molecule has 1 aliphatic rings. The number of anilines is 2. The van der Waals surface area contributed by atoms with E-state index in [0.717, 1.165) is 32.3 Å². The average molecular weight is 388 g/mol. The fraction of sp³-hybridized carbons (Fsp3) is 0.263. The van der Waals surface area contributed by atoms with Crippen molar-refractivity contribution in [3.63, 3.8) is 0 Å². The summed E-state index contributed by atoms with van der Waals surface area (Å²) in [7, 11) is 1.65. The van der Waals surface area contributed by atoms with E-state index in [2.05, 4.69) is 15.2 Å². The van der Waals surface area contributed by atoms with E-state index < -0.39 is 0 Å². The molecule has 1 saturated heterocycles. The van der Waals surface area contributed by atoms with Gasteiger partial charge in [0.15, 0.2) is 5.13 Å². The molecule has 1 aromatic heterocycles. The summed E-state index contributed by atoms with van der Waals surface area (Å²) in [6.45, 7) is 3.24. The first-order valence-corrected chi connectivity index (χ1v) is 9.50. The second-order valence-corrected chi connectivity index (χ2v) is 7.75. The highest BCUT2D eigenvalue weighted by atomic mass is 35.5. The van der Waals surface area contributed by atoms with Crippen molar-refractivity contribution in [3.8, 4) is 5.75 Å². The number of fused-ring (bicyclic) bond motifs is 1. The smallest absolute Gasteiger partial charge is 0.231 e. The number of amides is 1. The maximum atomic E-state index is 12.5. The van der Waals surface area contributed by atoms with Gasteiger partial charge in [-0.25, -0.2) is 4.98 Å². The minimum absolute atomic E-state index is 0.0226. The molecule has 0 spiro atoms. The van der Waals surface area contributed by atoms with Gasteiger partial charge in [-0.3, -0.25) is 4.79 Å². The summed E-state index contributed by atoms with van der Waals surface area (Å²) in [5, 5.41) is 4.58. The Morgan fingerprint density at radius 3 is 2.92 bits per heavy atom. The molecule has 2 aromatic carbocycles. The van der Waals surface area contributed by atoms with E-state index in [4.69, 9.17) is 16.3 Å². The highest BCUT2D eigenvalue weighted by Crippen LogP contribution is 2.35. The standard InChI is InChI=1S/C19H18ClN3O2S/c1-11-14(20)4-3-5-15(11)21-18(24)12-9-23(10-12)19-22-16-8-13(25-2)6-7-17(16)26-19/h3-8,12H,9-10H2,1-2H3,(H,21,24). The third-order valence-electron chi connectivity index (χ3n) is 4.63. The lowest BCUT2D eigenvalue weighted by Crippen LogP contribution is -2.52. The second kappa shape index (κ2) is 6.78. The van der Waals surface area contributed by atoms with Crippen LogP contribution in [-0.2, 0) is 4.79 Å². The van der Waals surface area contributed by atoms with Gasteiger partial charge < -0.3 is 15.0 Å². The molecule has 0 atom stereocenters. The average Bonchev–Trinajstić information content (AvgIpc) is 3.00. The Hall–Kier alpha value is -2.31. The van der Waals surface area contributed by atoms with E-state index in [9.17, 15) is 4.79 Å². The van der Waals surface area contributed by atoms with Crippen LogP contribution in [0.25, 0.3) is 10.2 Å². The fourth-order valence-corrected chi connectivity index (χ4v) is 4.07. The number of ether oxygens (including phenoxy) is 1. The van der Waals surface area contributed by atoms with Gasteiger partial charge in [-0.05, 0) is 36.8 Å². The van der Waals surface area contributed by atoms with Crippen LogP contribution in [-0.4, -0.2) is 31.1 Å². The molecule has 1 amide bonds. The topological polar surface area (TPSA) is 54.5 Å². The van der Waals surface area contributed by atoms with Crippen LogP contribution in [0.1, 0.15) is 5.56 Å². The van der Waals surface area contributed by atoms with Crippen LogP contribution in [0.2, 0.25) is 5.02 Å². The van der Waals surface area contributed by atoms with E-state index >= 15 is 0 Å². The van der Waals surface area contributed by atoms with Crippen molar-refractivity contribution in [2.75, 3.05) is 30.4 Å². The number of rotatable bonds is 4. The van der Waals surface area contributed by atoms with Crippen molar-refractivity contribution in [3.05, 3.63) is 47.0 Å². The molecule has 3 aromatic rings. The minimum Gasteiger partial charge on any atom is -0.497 e. The third-order valence-corrected chi connectivity index (χ3v) is 6.14. The molecule has 0 saturated carbocycles. The highest BCUT2D eigenvalue weighted by Gasteiger charge is 2.34. The van der Waals surface area contributed by atoms with E-state index in [-0.39, 0.29) is 11.8 Å². The molecule has 0 aliphatic carbocycles. The zero-order valence-corrected chi connectivity index (χ0v) is 16.0. The van der Waals surface area contributed by atoms with Gasteiger partial charge in [0, 0.05) is 29.9 Å². The Bertz CT molecular complexity index is 982. The summed E-state index contributed by atoms with van der Waals surface area (Å²) in [4.78, 5) is 19.3. The molecule has 134 valence electrons. The van der Waals surface area contributed by atoms with Gasteiger partial charge in [0.25, 0.3) is 0 Å². The van der Waals surface area contributed by atoms with Gasteiger partial charge in [0.2, 0.25) is 5.91 Å². The number of benzene rings is 2. The fourth-order valence-electron chi connectivity index (χ4n) is 2.94. The molecule has 26 heavy (non-hydrogen) atoms. The van der Waals surface area contributed by atoms with Crippen LogP contribution in [0.4, 0.5) is 10.8 Å². The molecule has 7 heteroatoms. The lowest BCUT2D eigenvalue weighted by molar-refractivity contribution is -0.120. The van der Waals surface area contributed by atoms with Crippen molar-refractivity contribution in [1.82, 2.24) is 4.98 Å². The number of nitrogens with one attached hydrogen (secondary N) is 1. The number of carbonyl (C=O) groups is 1. The highest BCUT2D eigenvalue weighted by molar-refractivity contribution is 7.22. The van der Waals surface area contributed by atoms with Gasteiger partial charge in [0.1, 0.15) is 5.75 Å². The Morgan fingerprint density at radius 2 is 2.15 bits per heavy atom. The Balaban J connectivity index is 1.42. The first-order valence-electron chi connectivity index (χ1n) is 8.30. The molecule has 1 N–H and O–H groups in total. The van der Waals surface area contributed by atoms with Crippen LogP contribution in [0.5, 0.6) is 5.75 Å². The molecule has 2 heterocycles. The van der Waals surface area contributed by atoms with Crippen molar-refractivity contribution >= 4 is 49.9 Å². The number of thiazole rings is 1. The van der Waals surface area contributed by atoms with Crippen LogP contribution in [0, 0.1) is 12.8 Å². The Morgan fingerprint density at radius 1 is 1.35 bits per heavy atom. The molecule has 0 unspecified atom stereocenters. The lowest BCUT2D eigenvalue weighted by atomic mass is 9.99. The summed E-state index contributed by atoms with van der Waals surface area (Å²) in [6.07, 6.45) is 0. The Labute approximate surface area is 160 Å². The molecule has 0 radical (unpaired) electrons. The number of hydrogen-bond donors (Lipinski definition) is 1. The zero-order chi connectivity index (χ0) is 18.3. The van der Waals surface area contributed by atoms with Crippen LogP contribution < -0.4 is 15.0 Å². The number of carbonyl (C=O) groups excluding carboxylic acids is 1. The van der Waals surface area contributed by atoms with Gasteiger partial charge in [-0.2, -0.15) is 0 Å². The minimum atomic E-state index is -0.0464. The number of aromatic nitrogens is 1. The Kier molecular flexibility index (Phi) is 4.46. The van der Waals surface area contributed by atoms with Crippen molar-refractivity contribution in [1.29, 1.82) is 0 Å². The molecule has 1 fully saturated rings. The maximum absolute atomic E-state index is 12.5. The molecule has 1 aliphatic heterocycles. The summed E-state index contributed by atoms with van der Waals surface area (Å²) < 4.78 is 6.36. The summed E-state index contributed by atoms with van der Waals surface area (Å²) in [6, 6.07) is 11.4. The predicted molar refractivity (Wildman–Crippen MR) is 107 cm³/mol. The van der Waals surface area contributed by atoms with E-state index in [1.165, 1.54) is 0 Å². The normalized spacial score (nSPS) is 14.3. The number of methoxy groups -OCH3 is 1. The van der Waals surface area contributed by atoms with Crippen molar-refractivity contribution < 1.29 is 9.53 Å². The van der Waals surface area contributed by atoms with Gasteiger partial charge >= 0.3 is 0 Å². The first-order chi connectivity index (χ1) is 12.5. The van der Waals surface area contributed by atoms with Crippen LogP contribution in [0.3, 0.4) is 0 Å². The van der Waals surface area contributed by atoms with Gasteiger partial charge in [-0.15, -0.1) is 0 Å². The summed E-state index contributed by atoms with van der Waals surface area (Å²) in [5.74, 6) is 0.774. The SMILES string of the molecule is COc1ccc2sc(N3CC(C(=O)Nc4cccc(Cl)c4C)C3)nc2c1. The predicted octanol–water partition coefficient (Wildman–Crippen LogP) is 4.34. The van der Waals surface area contributed by atoms with Crippen molar-refractivity contribution in [2.45, 2.75) is 6.92 Å². The zero-order valence-electron chi connectivity index (χ0n) is 14.5. The monoisotopic (exact) mass is 387 g/mol. The molecule has 0 bridgehead atoms.